The van der Waals surface area contributed by atoms with Gasteiger partial charge in [-0.3, -0.25) is 4.79 Å². The molecule has 12 heteroatoms. The summed E-state index contributed by atoms with van der Waals surface area (Å²) in [6.45, 7) is 3.48. The van der Waals surface area contributed by atoms with Crippen molar-refractivity contribution in [2.75, 3.05) is 5.32 Å². The first-order valence-electron chi connectivity index (χ1n) is 6.75. The lowest BCUT2D eigenvalue weighted by atomic mass is 10.3. The van der Waals surface area contributed by atoms with Crippen molar-refractivity contribution >= 4 is 17.5 Å². The fraction of sp³-hybridized carbons (Fsp3) is 0.250. The minimum Gasteiger partial charge on any atom is -0.390 e. The van der Waals surface area contributed by atoms with Crippen LogP contribution in [0.2, 0.25) is 0 Å². The van der Waals surface area contributed by atoms with Crippen LogP contribution >= 0.6 is 0 Å². The number of anilines is 1. The summed E-state index contributed by atoms with van der Waals surface area (Å²) >= 11 is 0. The number of amides is 1. The maximum Gasteiger partial charge on any atom is 0.491 e. The van der Waals surface area contributed by atoms with Crippen LogP contribution < -0.4 is 5.32 Å². The lowest BCUT2D eigenvalue weighted by molar-refractivity contribution is -0.394. The molecule has 3 aromatic rings. The summed E-state index contributed by atoms with van der Waals surface area (Å²) in [6, 6.07) is 1.51. The Morgan fingerprint density at radius 3 is 2.79 bits per heavy atom. The molecular weight excluding hydrogens is 320 g/mol. The van der Waals surface area contributed by atoms with E-state index in [2.05, 4.69) is 25.7 Å². The fourth-order valence-corrected chi connectivity index (χ4v) is 1.99. The zero-order valence-electron chi connectivity index (χ0n) is 12.7. The standard InChI is InChI=1S/C12H12N8O4/c1-7-10(8(2)24-17-7)14-11(21)9-3-4-18(15-9)6-19-5-13-12(16-19)20(22)23/h3-5H,6H2,1-2H3,(H,14,21). The number of carbonyl (C=O) groups excluding carboxylic acids is 1. The lowest BCUT2D eigenvalue weighted by Gasteiger charge is -2.01. The molecule has 0 fully saturated rings. The number of hydrogen-bond donors (Lipinski definition) is 1. The van der Waals surface area contributed by atoms with Crippen LogP contribution in [0.5, 0.6) is 0 Å². The number of carbonyl (C=O) groups is 1. The Hall–Kier alpha value is -3.57. The molecule has 0 aliphatic heterocycles. The molecule has 0 spiro atoms. The van der Waals surface area contributed by atoms with Gasteiger partial charge in [0.25, 0.3) is 5.91 Å². The molecule has 24 heavy (non-hydrogen) atoms. The van der Waals surface area contributed by atoms with E-state index < -0.39 is 16.8 Å². The third-order valence-corrected chi connectivity index (χ3v) is 3.12. The van der Waals surface area contributed by atoms with Crippen molar-refractivity contribution in [3.63, 3.8) is 0 Å². The molecule has 0 unspecified atom stereocenters. The van der Waals surface area contributed by atoms with E-state index in [1.165, 1.54) is 21.8 Å². The van der Waals surface area contributed by atoms with Gasteiger partial charge >= 0.3 is 5.95 Å². The summed E-state index contributed by atoms with van der Waals surface area (Å²) in [5.74, 6) is -0.429. The molecule has 0 saturated heterocycles. The second kappa shape index (κ2) is 5.91. The Labute approximate surface area is 134 Å². The van der Waals surface area contributed by atoms with Gasteiger partial charge in [0.1, 0.15) is 11.4 Å². The van der Waals surface area contributed by atoms with Crippen LogP contribution in [0.15, 0.2) is 23.1 Å². The minimum atomic E-state index is -0.692. The van der Waals surface area contributed by atoms with Gasteiger partial charge in [-0.05, 0) is 24.8 Å². The number of aromatic nitrogens is 6. The van der Waals surface area contributed by atoms with Crippen LogP contribution in [0, 0.1) is 24.0 Å². The predicted octanol–water partition coefficient (Wildman–Crippen LogP) is 0.746. The van der Waals surface area contributed by atoms with Crippen molar-refractivity contribution in [3.05, 3.63) is 45.9 Å². The van der Waals surface area contributed by atoms with Crippen molar-refractivity contribution in [2.24, 2.45) is 0 Å². The Bertz CT molecular complexity index is 888. The van der Waals surface area contributed by atoms with Crippen LogP contribution in [-0.4, -0.2) is 40.5 Å². The van der Waals surface area contributed by atoms with E-state index in [9.17, 15) is 14.9 Å². The molecule has 0 saturated carbocycles. The Balaban J connectivity index is 1.70. The second-order valence-electron chi connectivity index (χ2n) is 4.88. The van der Waals surface area contributed by atoms with Crippen LogP contribution in [-0.2, 0) is 6.67 Å². The summed E-state index contributed by atoms with van der Waals surface area (Å²) in [6.07, 6.45) is 2.76. The number of aryl methyl sites for hydroxylation is 2. The number of rotatable bonds is 5. The maximum atomic E-state index is 12.2. The highest BCUT2D eigenvalue weighted by atomic mass is 16.6. The highest BCUT2D eigenvalue weighted by Gasteiger charge is 2.17. The van der Waals surface area contributed by atoms with E-state index in [0.29, 0.717) is 17.1 Å². The first-order valence-corrected chi connectivity index (χ1v) is 6.75. The quantitative estimate of drug-likeness (QED) is 0.531. The Morgan fingerprint density at radius 1 is 1.38 bits per heavy atom. The molecule has 0 atom stereocenters. The molecule has 1 N–H and O–H groups in total. The molecule has 0 aliphatic carbocycles. The first-order chi connectivity index (χ1) is 11.4. The first kappa shape index (κ1) is 15.3. The SMILES string of the molecule is Cc1noc(C)c1NC(=O)c1ccn(Cn2cnc([N+](=O)[O-])n2)n1. The molecule has 1 amide bonds. The molecule has 12 nitrogen and oxygen atoms in total. The van der Waals surface area contributed by atoms with Crippen molar-refractivity contribution in [2.45, 2.75) is 20.5 Å². The van der Waals surface area contributed by atoms with E-state index in [0.717, 1.165) is 0 Å². The smallest absolute Gasteiger partial charge is 0.390 e. The summed E-state index contributed by atoms with van der Waals surface area (Å²) in [7, 11) is 0. The fourth-order valence-electron chi connectivity index (χ4n) is 1.99. The molecule has 0 bridgehead atoms. The van der Waals surface area contributed by atoms with Crippen LogP contribution in [0.25, 0.3) is 0 Å². The molecule has 0 aliphatic rings. The zero-order chi connectivity index (χ0) is 17.3. The number of hydrogen-bond acceptors (Lipinski definition) is 8. The van der Waals surface area contributed by atoms with E-state index in [1.807, 2.05) is 0 Å². The third-order valence-electron chi connectivity index (χ3n) is 3.12. The van der Waals surface area contributed by atoms with Crippen molar-refractivity contribution in [1.29, 1.82) is 0 Å². The predicted molar refractivity (Wildman–Crippen MR) is 78.2 cm³/mol. The topological polar surface area (TPSA) is 147 Å². The largest absolute Gasteiger partial charge is 0.491 e. The average Bonchev–Trinajstić information content (AvgIpc) is 3.25. The lowest BCUT2D eigenvalue weighted by Crippen LogP contribution is -2.15. The van der Waals surface area contributed by atoms with Crippen molar-refractivity contribution in [1.82, 2.24) is 29.7 Å². The summed E-state index contributed by atoms with van der Waals surface area (Å²) in [5.41, 5.74) is 1.24. The monoisotopic (exact) mass is 332 g/mol. The summed E-state index contributed by atoms with van der Waals surface area (Å²) in [4.78, 5) is 25.6. The van der Waals surface area contributed by atoms with Gasteiger partial charge < -0.3 is 20.0 Å². The van der Waals surface area contributed by atoms with Crippen LogP contribution in [0.3, 0.4) is 0 Å². The zero-order valence-corrected chi connectivity index (χ0v) is 12.7. The van der Waals surface area contributed by atoms with Gasteiger partial charge in [-0.1, -0.05) is 10.1 Å². The van der Waals surface area contributed by atoms with Gasteiger partial charge in [-0.25, -0.2) is 4.68 Å². The molecule has 3 rings (SSSR count). The third kappa shape index (κ3) is 2.97. The molecule has 0 aromatic carbocycles. The molecule has 3 heterocycles. The van der Waals surface area contributed by atoms with E-state index in [4.69, 9.17) is 4.52 Å². The molecule has 0 radical (unpaired) electrons. The molecular formula is C12H12N8O4. The van der Waals surface area contributed by atoms with Gasteiger partial charge in [0, 0.05) is 11.3 Å². The average molecular weight is 332 g/mol. The maximum absolute atomic E-state index is 12.2. The minimum absolute atomic E-state index is 0.0828. The van der Waals surface area contributed by atoms with Gasteiger partial charge in [-0.15, -0.1) is 0 Å². The van der Waals surface area contributed by atoms with Gasteiger partial charge in [0.2, 0.25) is 6.33 Å². The van der Waals surface area contributed by atoms with Crippen LogP contribution in [0.1, 0.15) is 21.9 Å². The second-order valence-corrected chi connectivity index (χ2v) is 4.88. The molecule has 3 aromatic heterocycles. The summed E-state index contributed by atoms with van der Waals surface area (Å²) in [5, 5.41) is 24.7. The van der Waals surface area contributed by atoms with Crippen molar-refractivity contribution in [3.8, 4) is 0 Å². The van der Waals surface area contributed by atoms with Crippen molar-refractivity contribution < 1.29 is 14.2 Å². The highest BCUT2D eigenvalue weighted by molar-refractivity contribution is 6.03. The van der Waals surface area contributed by atoms with E-state index >= 15 is 0 Å². The van der Waals surface area contributed by atoms with Gasteiger partial charge in [0.15, 0.2) is 18.1 Å². The summed E-state index contributed by atoms with van der Waals surface area (Å²) < 4.78 is 7.61. The van der Waals surface area contributed by atoms with Crippen LogP contribution in [0.4, 0.5) is 11.6 Å². The Morgan fingerprint density at radius 2 is 2.17 bits per heavy atom. The van der Waals surface area contributed by atoms with E-state index in [1.54, 1.807) is 20.0 Å². The number of nitro groups is 1. The number of nitrogens with zero attached hydrogens (tertiary/aromatic N) is 7. The molecule has 124 valence electrons. The Kier molecular flexibility index (Phi) is 3.77. The van der Waals surface area contributed by atoms with Gasteiger partial charge in [0.05, 0.1) is 0 Å². The van der Waals surface area contributed by atoms with E-state index in [-0.39, 0.29) is 12.4 Å². The highest BCUT2D eigenvalue weighted by Crippen LogP contribution is 2.19. The normalized spacial score (nSPS) is 10.8. The van der Waals surface area contributed by atoms with Gasteiger partial charge in [-0.2, -0.15) is 9.78 Å². The number of nitrogens with one attached hydrogen (secondary N) is 1.